The molecule has 0 atom stereocenters. The third-order valence-corrected chi connectivity index (χ3v) is 3.36. The van der Waals surface area contributed by atoms with Crippen molar-refractivity contribution in [2.75, 3.05) is 38.2 Å². The maximum Gasteiger partial charge on any atom is 0.193 e. The minimum absolute atomic E-state index is 0.777. The van der Waals surface area contributed by atoms with Gasteiger partial charge in [0.25, 0.3) is 0 Å². The molecule has 3 rings (SSSR count). The van der Waals surface area contributed by atoms with E-state index in [1.165, 1.54) is 0 Å². The number of rotatable bonds is 3. The van der Waals surface area contributed by atoms with Crippen LogP contribution in [-0.4, -0.2) is 38.4 Å². The Kier molecular flexibility index (Phi) is 3.37. The summed E-state index contributed by atoms with van der Waals surface area (Å²) in [6.45, 7) is 3.89. The van der Waals surface area contributed by atoms with E-state index in [0.717, 1.165) is 48.9 Å². The summed E-state index contributed by atoms with van der Waals surface area (Å²) in [4.78, 5) is 2.29. The number of benzene rings is 1. The first-order valence-electron chi connectivity index (χ1n) is 6.44. The molecule has 5 nitrogen and oxygen atoms in total. The van der Waals surface area contributed by atoms with Gasteiger partial charge < -0.3 is 19.5 Å². The Morgan fingerprint density at radius 3 is 2.84 bits per heavy atom. The van der Waals surface area contributed by atoms with Gasteiger partial charge in [0.05, 0.1) is 18.9 Å². The Hall–Kier alpha value is -2.01. The van der Waals surface area contributed by atoms with Crippen molar-refractivity contribution in [3.8, 4) is 17.1 Å². The highest BCUT2D eigenvalue weighted by Crippen LogP contribution is 2.36. The number of para-hydroxylation sites is 1. The second-order valence-electron chi connectivity index (χ2n) is 4.48. The molecule has 1 aromatic carbocycles. The molecule has 1 N–H and O–H groups in total. The molecule has 0 radical (unpaired) electrons. The zero-order valence-electron chi connectivity index (χ0n) is 10.9. The topological polar surface area (TPSA) is 50.5 Å². The van der Waals surface area contributed by atoms with Crippen LogP contribution < -0.4 is 15.0 Å². The standard InChI is InChI=1S/C14H17N3O2/c1-18-13-5-3-2-4-11(13)14-12(10-16-19-14)17-8-6-15-7-9-17/h2-5,10,15H,6-9H2,1H3. The van der Waals surface area contributed by atoms with E-state index >= 15 is 0 Å². The fraction of sp³-hybridized carbons (Fsp3) is 0.357. The summed E-state index contributed by atoms with van der Waals surface area (Å²) in [5.41, 5.74) is 1.97. The second kappa shape index (κ2) is 5.32. The molecule has 1 aliphatic heterocycles. The Bertz CT molecular complexity index is 547. The molecule has 100 valence electrons. The minimum atomic E-state index is 0.777. The lowest BCUT2D eigenvalue weighted by Crippen LogP contribution is -2.43. The lowest BCUT2D eigenvalue weighted by atomic mass is 10.1. The van der Waals surface area contributed by atoms with Crippen molar-refractivity contribution in [3.05, 3.63) is 30.5 Å². The number of piperazine rings is 1. The number of nitrogens with zero attached hydrogens (tertiary/aromatic N) is 2. The monoisotopic (exact) mass is 259 g/mol. The number of anilines is 1. The quantitative estimate of drug-likeness (QED) is 0.910. The minimum Gasteiger partial charge on any atom is -0.496 e. The molecular weight excluding hydrogens is 242 g/mol. The molecule has 0 unspecified atom stereocenters. The number of nitrogens with one attached hydrogen (secondary N) is 1. The smallest absolute Gasteiger partial charge is 0.193 e. The van der Waals surface area contributed by atoms with E-state index < -0.39 is 0 Å². The van der Waals surface area contributed by atoms with E-state index in [4.69, 9.17) is 9.26 Å². The Balaban J connectivity index is 1.99. The van der Waals surface area contributed by atoms with Crippen molar-refractivity contribution < 1.29 is 9.26 Å². The van der Waals surface area contributed by atoms with Gasteiger partial charge in [-0.15, -0.1) is 0 Å². The number of aromatic nitrogens is 1. The first kappa shape index (κ1) is 12.0. The van der Waals surface area contributed by atoms with Gasteiger partial charge in [-0.2, -0.15) is 0 Å². The summed E-state index contributed by atoms with van der Waals surface area (Å²) < 4.78 is 10.8. The van der Waals surface area contributed by atoms with Gasteiger partial charge in [-0.05, 0) is 12.1 Å². The molecule has 1 fully saturated rings. The predicted molar refractivity (Wildman–Crippen MR) is 73.6 cm³/mol. The third kappa shape index (κ3) is 2.29. The fourth-order valence-electron chi connectivity index (χ4n) is 2.38. The van der Waals surface area contributed by atoms with Gasteiger partial charge in [0.1, 0.15) is 11.4 Å². The molecule has 0 spiro atoms. The van der Waals surface area contributed by atoms with Crippen molar-refractivity contribution in [2.24, 2.45) is 0 Å². The first-order valence-corrected chi connectivity index (χ1v) is 6.44. The summed E-state index contributed by atoms with van der Waals surface area (Å²) in [6.07, 6.45) is 1.78. The van der Waals surface area contributed by atoms with Crippen molar-refractivity contribution in [3.63, 3.8) is 0 Å². The number of hydrogen-bond donors (Lipinski definition) is 1. The van der Waals surface area contributed by atoms with Crippen LogP contribution >= 0.6 is 0 Å². The summed E-state index contributed by atoms with van der Waals surface area (Å²) in [7, 11) is 1.67. The molecule has 1 aliphatic rings. The number of hydrogen-bond acceptors (Lipinski definition) is 5. The molecule has 0 bridgehead atoms. The van der Waals surface area contributed by atoms with Crippen molar-refractivity contribution in [2.45, 2.75) is 0 Å². The maximum atomic E-state index is 5.45. The average Bonchev–Trinajstić information content (AvgIpc) is 2.97. The zero-order valence-corrected chi connectivity index (χ0v) is 10.9. The Labute approximate surface area is 112 Å². The highest BCUT2D eigenvalue weighted by Gasteiger charge is 2.20. The number of ether oxygens (including phenoxy) is 1. The van der Waals surface area contributed by atoms with Gasteiger partial charge >= 0.3 is 0 Å². The SMILES string of the molecule is COc1ccccc1-c1oncc1N1CCNCC1. The molecular formula is C14H17N3O2. The van der Waals surface area contributed by atoms with Crippen LogP contribution in [0.4, 0.5) is 5.69 Å². The van der Waals surface area contributed by atoms with Gasteiger partial charge in [-0.25, -0.2) is 0 Å². The van der Waals surface area contributed by atoms with Crippen LogP contribution in [0, 0.1) is 0 Å². The van der Waals surface area contributed by atoms with E-state index in [-0.39, 0.29) is 0 Å². The third-order valence-electron chi connectivity index (χ3n) is 3.36. The lowest BCUT2D eigenvalue weighted by Gasteiger charge is -2.28. The Morgan fingerprint density at radius 2 is 2.05 bits per heavy atom. The van der Waals surface area contributed by atoms with Crippen LogP contribution in [0.25, 0.3) is 11.3 Å². The number of methoxy groups -OCH3 is 1. The Morgan fingerprint density at radius 1 is 1.26 bits per heavy atom. The van der Waals surface area contributed by atoms with Crippen molar-refractivity contribution >= 4 is 5.69 Å². The normalized spacial score (nSPS) is 15.5. The zero-order chi connectivity index (χ0) is 13.1. The molecule has 1 saturated heterocycles. The average molecular weight is 259 g/mol. The van der Waals surface area contributed by atoms with E-state index in [1.807, 2.05) is 24.3 Å². The van der Waals surface area contributed by atoms with Crippen LogP contribution in [0.15, 0.2) is 35.0 Å². The van der Waals surface area contributed by atoms with Crippen LogP contribution in [-0.2, 0) is 0 Å². The first-order chi connectivity index (χ1) is 9.40. The van der Waals surface area contributed by atoms with Gasteiger partial charge in [0, 0.05) is 26.2 Å². The van der Waals surface area contributed by atoms with E-state index in [0.29, 0.717) is 0 Å². The van der Waals surface area contributed by atoms with E-state index in [1.54, 1.807) is 13.3 Å². The van der Waals surface area contributed by atoms with Gasteiger partial charge in [0.2, 0.25) is 0 Å². The highest BCUT2D eigenvalue weighted by molar-refractivity contribution is 5.77. The van der Waals surface area contributed by atoms with Crippen molar-refractivity contribution in [1.82, 2.24) is 10.5 Å². The molecule has 19 heavy (non-hydrogen) atoms. The van der Waals surface area contributed by atoms with Crippen LogP contribution in [0.1, 0.15) is 0 Å². The van der Waals surface area contributed by atoms with Gasteiger partial charge in [-0.3, -0.25) is 0 Å². The largest absolute Gasteiger partial charge is 0.496 e. The summed E-state index contributed by atoms with van der Waals surface area (Å²) in [5, 5.41) is 7.30. The summed E-state index contributed by atoms with van der Waals surface area (Å²) in [5.74, 6) is 1.58. The van der Waals surface area contributed by atoms with Gasteiger partial charge in [0.15, 0.2) is 5.76 Å². The molecule has 5 heteroatoms. The van der Waals surface area contributed by atoms with Crippen LogP contribution in [0.5, 0.6) is 5.75 Å². The second-order valence-corrected chi connectivity index (χ2v) is 4.48. The fourth-order valence-corrected chi connectivity index (χ4v) is 2.38. The lowest BCUT2D eigenvalue weighted by molar-refractivity contribution is 0.406. The molecule has 0 aliphatic carbocycles. The van der Waals surface area contributed by atoms with Crippen molar-refractivity contribution in [1.29, 1.82) is 0 Å². The maximum absolute atomic E-state index is 5.45. The van der Waals surface area contributed by atoms with Crippen LogP contribution in [0.3, 0.4) is 0 Å². The summed E-state index contributed by atoms with van der Waals surface area (Å²) in [6, 6.07) is 7.84. The molecule has 1 aromatic heterocycles. The van der Waals surface area contributed by atoms with E-state index in [9.17, 15) is 0 Å². The highest BCUT2D eigenvalue weighted by atomic mass is 16.5. The van der Waals surface area contributed by atoms with Crippen LogP contribution in [0.2, 0.25) is 0 Å². The predicted octanol–water partition coefficient (Wildman–Crippen LogP) is 1.76. The van der Waals surface area contributed by atoms with E-state index in [2.05, 4.69) is 15.4 Å². The molecule has 2 aromatic rings. The molecule has 2 heterocycles. The summed E-state index contributed by atoms with van der Waals surface area (Å²) >= 11 is 0. The molecule has 0 saturated carbocycles. The van der Waals surface area contributed by atoms with Gasteiger partial charge in [-0.1, -0.05) is 17.3 Å². The molecule has 0 amide bonds.